The highest BCUT2D eigenvalue weighted by molar-refractivity contribution is 7.89. The minimum atomic E-state index is -3.93. The number of thiophene rings is 1. The molecule has 1 N–H and O–H groups in total. The second-order valence-electron chi connectivity index (χ2n) is 4.66. The molecule has 5 nitrogen and oxygen atoms in total. The number of halogens is 1. The number of carboxylic acids is 1. The van der Waals surface area contributed by atoms with Gasteiger partial charge in [-0.3, -0.25) is 0 Å². The lowest BCUT2D eigenvalue weighted by molar-refractivity contribution is 0.0691. The molecule has 0 radical (unpaired) electrons. The third kappa shape index (κ3) is 3.03. The van der Waals surface area contributed by atoms with Crippen molar-refractivity contribution >= 4 is 27.3 Å². The molecule has 118 valence electrons. The van der Waals surface area contributed by atoms with E-state index in [2.05, 4.69) is 0 Å². The first-order valence-corrected chi connectivity index (χ1v) is 8.61. The van der Waals surface area contributed by atoms with Gasteiger partial charge in [0.2, 0.25) is 10.0 Å². The summed E-state index contributed by atoms with van der Waals surface area (Å²) in [5.41, 5.74) is -0.668. The van der Waals surface area contributed by atoms with Gasteiger partial charge in [-0.05, 0) is 36.6 Å². The summed E-state index contributed by atoms with van der Waals surface area (Å²) >= 11 is 1.42. The standard InChI is InChI=1S/C14H14FNO4S2/c1-9(13-4-3-7-21-13)16(2)22(19,20)10-5-6-12(15)11(8-10)14(17)18/h3-9H,1-2H3,(H,17,18)/t9-/m1/s1. The van der Waals surface area contributed by atoms with Crippen molar-refractivity contribution in [2.24, 2.45) is 0 Å². The molecule has 2 rings (SSSR count). The lowest BCUT2D eigenvalue weighted by Crippen LogP contribution is -2.29. The van der Waals surface area contributed by atoms with Crippen LogP contribution in [0, 0.1) is 5.82 Å². The summed E-state index contributed by atoms with van der Waals surface area (Å²) in [6.45, 7) is 1.73. The third-order valence-electron chi connectivity index (χ3n) is 3.35. The molecular formula is C14H14FNO4S2. The van der Waals surface area contributed by atoms with Crippen LogP contribution in [0.4, 0.5) is 4.39 Å². The van der Waals surface area contributed by atoms with Gasteiger partial charge in [-0.1, -0.05) is 6.07 Å². The van der Waals surface area contributed by atoms with Gasteiger partial charge >= 0.3 is 5.97 Å². The van der Waals surface area contributed by atoms with Crippen molar-refractivity contribution in [1.29, 1.82) is 0 Å². The zero-order chi connectivity index (χ0) is 16.5. The monoisotopic (exact) mass is 343 g/mol. The van der Waals surface area contributed by atoms with E-state index >= 15 is 0 Å². The lowest BCUT2D eigenvalue weighted by Gasteiger charge is -2.23. The van der Waals surface area contributed by atoms with Gasteiger partial charge in [0.25, 0.3) is 0 Å². The van der Waals surface area contributed by atoms with E-state index < -0.39 is 33.4 Å². The minimum Gasteiger partial charge on any atom is -0.478 e. The number of sulfonamides is 1. The average Bonchev–Trinajstić information content (AvgIpc) is 2.99. The molecule has 0 aliphatic carbocycles. The van der Waals surface area contributed by atoms with Crippen molar-refractivity contribution in [1.82, 2.24) is 4.31 Å². The zero-order valence-corrected chi connectivity index (χ0v) is 13.5. The van der Waals surface area contributed by atoms with Crippen molar-refractivity contribution in [3.8, 4) is 0 Å². The fourth-order valence-electron chi connectivity index (χ4n) is 1.91. The highest BCUT2D eigenvalue weighted by atomic mass is 32.2. The molecule has 1 heterocycles. The maximum Gasteiger partial charge on any atom is 0.338 e. The normalized spacial score (nSPS) is 13.3. The summed E-state index contributed by atoms with van der Waals surface area (Å²) in [5, 5.41) is 10.7. The Balaban J connectivity index is 2.42. The van der Waals surface area contributed by atoms with Gasteiger partial charge in [0.1, 0.15) is 5.82 Å². The first kappa shape index (κ1) is 16.6. The zero-order valence-electron chi connectivity index (χ0n) is 11.9. The Morgan fingerprint density at radius 1 is 1.36 bits per heavy atom. The van der Waals surface area contributed by atoms with E-state index in [0.29, 0.717) is 0 Å². The van der Waals surface area contributed by atoms with Crippen LogP contribution in [-0.2, 0) is 10.0 Å². The van der Waals surface area contributed by atoms with Crippen LogP contribution in [-0.4, -0.2) is 30.8 Å². The Hall–Kier alpha value is -1.77. The van der Waals surface area contributed by atoms with Gasteiger partial charge < -0.3 is 5.11 Å². The Morgan fingerprint density at radius 2 is 2.05 bits per heavy atom. The maximum atomic E-state index is 13.4. The molecule has 0 amide bonds. The highest BCUT2D eigenvalue weighted by Crippen LogP contribution is 2.29. The van der Waals surface area contributed by atoms with E-state index in [1.165, 1.54) is 18.4 Å². The van der Waals surface area contributed by atoms with Gasteiger partial charge in [0, 0.05) is 11.9 Å². The van der Waals surface area contributed by atoms with Gasteiger partial charge in [-0.2, -0.15) is 4.31 Å². The molecule has 0 unspecified atom stereocenters. The average molecular weight is 343 g/mol. The van der Waals surface area contributed by atoms with E-state index in [9.17, 15) is 17.6 Å². The number of hydrogen-bond donors (Lipinski definition) is 1. The second-order valence-corrected chi connectivity index (χ2v) is 7.64. The molecule has 1 aromatic heterocycles. The summed E-state index contributed by atoms with van der Waals surface area (Å²) in [6, 6.07) is 5.97. The van der Waals surface area contributed by atoms with Crippen LogP contribution in [0.25, 0.3) is 0 Å². The molecular weight excluding hydrogens is 329 g/mol. The molecule has 0 saturated heterocycles. The number of benzene rings is 1. The van der Waals surface area contributed by atoms with Crippen molar-refractivity contribution in [2.45, 2.75) is 17.9 Å². The van der Waals surface area contributed by atoms with Crippen molar-refractivity contribution < 1.29 is 22.7 Å². The summed E-state index contributed by atoms with van der Waals surface area (Å²) in [6.07, 6.45) is 0. The Kier molecular flexibility index (Phi) is 4.64. The first-order valence-electron chi connectivity index (χ1n) is 6.29. The quantitative estimate of drug-likeness (QED) is 0.906. The van der Waals surface area contributed by atoms with E-state index in [0.717, 1.165) is 27.4 Å². The van der Waals surface area contributed by atoms with Gasteiger partial charge in [0.05, 0.1) is 16.5 Å². The lowest BCUT2D eigenvalue weighted by atomic mass is 10.2. The number of aromatic carboxylic acids is 1. The topological polar surface area (TPSA) is 74.7 Å². The van der Waals surface area contributed by atoms with Crippen LogP contribution in [0.1, 0.15) is 28.2 Å². The van der Waals surface area contributed by atoms with Crippen LogP contribution in [0.2, 0.25) is 0 Å². The van der Waals surface area contributed by atoms with Crippen LogP contribution in [0.3, 0.4) is 0 Å². The molecule has 1 aromatic carbocycles. The molecule has 0 fully saturated rings. The third-order valence-corrected chi connectivity index (χ3v) is 6.31. The van der Waals surface area contributed by atoms with Gasteiger partial charge in [-0.25, -0.2) is 17.6 Å². The van der Waals surface area contributed by atoms with E-state index in [-0.39, 0.29) is 4.90 Å². The molecule has 0 bridgehead atoms. The molecule has 0 saturated carbocycles. The fourth-order valence-corrected chi connectivity index (χ4v) is 4.17. The van der Waals surface area contributed by atoms with Gasteiger partial charge in [0.15, 0.2) is 0 Å². The number of rotatable bonds is 5. The maximum absolute atomic E-state index is 13.4. The number of carboxylic acid groups (broad SMARTS) is 1. The highest BCUT2D eigenvalue weighted by Gasteiger charge is 2.28. The minimum absolute atomic E-state index is 0.253. The summed E-state index contributed by atoms with van der Waals surface area (Å²) in [4.78, 5) is 11.5. The molecule has 0 spiro atoms. The van der Waals surface area contributed by atoms with E-state index in [1.807, 2.05) is 17.5 Å². The fraction of sp³-hybridized carbons (Fsp3) is 0.214. The van der Waals surface area contributed by atoms with Crippen molar-refractivity contribution in [2.75, 3.05) is 7.05 Å². The van der Waals surface area contributed by atoms with Crippen LogP contribution in [0.5, 0.6) is 0 Å². The van der Waals surface area contributed by atoms with Crippen molar-refractivity contribution in [3.63, 3.8) is 0 Å². The van der Waals surface area contributed by atoms with Crippen LogP contribution >= 0.6 is 11.3 Å². The van der Waals surface area contributed by atoms with Crippen LogP contribution in [0.15, 0.2) is 40.6 Å². The van der Waals surface area contributed by atoms with Crippen LogP contribution < -0.4 is 0 Å². The Morgan fingerprint density at radius 3 is 2.59 bits per heavy atom. The van der Waals surface area contributed by atoms with E-state index in [4.69, 9.17) is 5.11 Å². The summed E-state index contributed by atoms with van der Waals surface area (Å²) < 4.78 is 39.7. The predicted octanol–water partition coefficient (Wildman–Crippen LogP) is 2.97. The number of nitrogens with zero attached hydrogens (tertiary/aromatic N) is 1. The molecule has 22 heavy (non-hydrogen) atoms. The molecule has 8 heteroatoms. The molecule has 0 aliphatic heterocycles. The second kappa shape index (κ2) is 6.15. The Bertz CT molecular complexity index is 787. The van der Waals surface area contributed by atoms with E-state index in [1.54, 1.807) is 6.92 Å². The predicted molar refractivity (Wildman–Crippen MR) is 81.0 cm³/mol. The molecule has 1 atom stereocenters. The summed E-state index contributed by atoms with van der Waals surface area (Å²) in [5.74, 6) is -2.48. The number of carbonyl (C=O) groups is 1. The Labute approximate surface area is 131 Å². The first-order chi connectivity index (χ1) is 10.2. The summed E-state index contributed by atoms with van der Waals surface area (Å²) in [7, 11) is -2.52. The smallest absolute Gasteiger partial charge is 0.338 e. The van der Waals surface area contributed by atoms with Crippen molar-refractivity contribution in [3.05, 3.63) is 52.0 Å². The SMILES string of the molecule is C[C@H](c1cccs1)N(C)S(=O)(=O)c1ccc(F)c(C(=O)O)c1. The largest absolute Gasteiger partial charge is 0.478 e. The van der Waals surface area contributed by atoms with Gasteiger partial charge in [-0.15, -0.1) is 11.3 Å². The number of hydrogen-bond acceptors (Lipinski definition) is 4. The molecule has 2 aromatic rings. The molecule has 0 aliphatic rings.